The van der Waals surface area contributed by atoms with E-state index < -0.39 is 0 Å². The average molecular weight is 1040 g/mol. The standard InChI is InChI=1S/C48H84N4O4.2HI/c1-11-51(7,39-43-29-21-23-31-45(43)55-9)37-27-17-19-33-47(53)49(41(3)4)35-25-15-13-14-16-26-36-50(42(5)6)48(54)34-20-18-28-38-52(8,12-2)40-44-30-22-24-32-46(44)56-10;;/h21-24,29-32,41-42H,11-20,25-28,33-40H2,1-10H3;2*1H/q+2;;/p-2. The molecule has 0 aliphatic rings. The number of benzene rings is 2. The van der Waals surface area contributed by atoms with Crippen molar-refractivity contribution in [3.8, 4) is 11.5 Å². The Morgan fingerprint density at radius 1 is 0.534 bits per heavy atom. The molecule has 0 saturated carbocycles. The Hall–Kier alpha value is -1.64. The van der Waals surface area contributed by atoms with Crippen LogP contribution in [0.3, 0.4) is 0 Å². The maximum Gasteiger partial charge on any atom is 0.222 e. The fourth-order valence-electron chi connectivity index (χ4n) is 7.98. The Balaban J connectivity index is 0.0000162. The third kappa shape index (κ3) is 21.2. The van der Waals surface area contributed by atoms with Crippen LogP contribution in [-0.2, 0) is 22.7 Å². The van der Waals surface area contributed by atoms with Crippen LogP contribution in [0.1, 0.15) is 143 Å². The zero-order valence-electron chi connectivity index (χ0n) is 38.5. The van der Waals surface area contributed by atoms with Crippen molar-refractivity contribution in [2.45, 2.75) is 157 Å². The molecule has 0 N–H and O–H groups in total. The number of ether oxygens (including phenoxy) is 2. The number of quaternary nitrogens is 2. The van der Waals surface area contributed by atoms with Gasteiger partial charge in [0.2, 0.25) is 11.8 Å². The predicted octanol–water partition coefficient (Wildman–Crippen LogP) is 4.28. The third-order valence-corrected chi connectivity index (χ3v) is 12.1. The number of amides is 2. The zero-order valence-corrected chi connectivity index (χ0v) is 42.8. The number of carbonyl (C=O) groups excluding carboxylic acids is 2. The van der Waals surface area contributed by atoms with Gasteiger partial charge in [0.15, 0.2) is 0 Å². The van der Waals surface area contributed by atoms with Crippen LogP contribution < -0.4 is 57.4 Å². The van der Waals surface area contributed by atoms with E-state index >= 15 is 0 Å². The van der Waals surface area contributed by atoms with Gasteiger partial charge < -0.3 is 76.2 Å². The largest absolute Gasteiger partial charge is 1.00 e. The van der Waals surface area contributed by atoms with Crippen molar-refractivity contribution in [1.82, 2.24) is 9.80 Å². The van der Waals surface area contributed by atoms with Crippen molar-refractivity contribution in [3.05, 3.63) is 59.7 Å². The number of nitrogens with zero attached hydrogens (tertiary/aromatic N) is 4. The molecule has 0 bridgehead atoms. The Labute approximate surface area is 390 Å². The second-order valence-electron chi connectivity index (χ2n) is 17.4. The van der Waals surface area contributed by atoms with Gasteiger partial charge >= 0.3 is 0 Å². The predicted molar refractivity (Wildman–Crippen MR) is 235 cm³/mol. The van der Waals surface area contributed by atoms with Gasteiger partial charge in [0, 0.05) is 49.1 Å². The van der Waals surface area contributed by atoms with E-state index in [-0.39, 0.29) is 60.0 Å². The molecule has 0 aromatic heterocycles. The summed E-state index contributed by atoms with van der Waals surface area (Å²) in [6.07, 6.45) is 14.4. The number of carbonyl (C=O) groups is 2. The molecular formula is C48H84I2N4O4. The van der Waals surface area contributed by atoms with Crippen LogP contribution in [0, 0.1) is 0 Å². The summed E-state index contributed by atoms with van der Waals surface area (Å²) in [5.74, 6) is 2.55. The van der Waals surface area contributed by atoms with Crippen molar-refractivity contribution in [2.24, 2.45) is 0 Å². The summed E-state index contributed by atoms with van der Waals surface area (Å²) in [7, 11) is 8.16. The van der Waals surface area contributed by atoms with Gasteiger partial charge in [-0.25, -0.2) is 0 Å². The van der Waals surface area contributed by atoms with Gasteiger partial charge in [-0.2, -0.15) is 0 Å². The lowest BCUT2D eigenvalue weighted by Gasteiger charge is -2.34. The molecule has 0 fully saturated rings. The van der Waals surface area contributed by atoms with Crippen molar-refractivity contribution in [1.29, 1.82) is 0 Å². The van der Waals surface area contributed by atoms with Crippen molar-refractivity contribution < 1.29 is 76.0 Å². The molecule has 58 heavy (non-hydrogen) atoms. The molecule has 2 aromatic rings. The molecule has 2 atom stereocenters. The SMILES string of the molecule is CC[N+](C)(CCCCCC(=O)N(CCCCCCCCN(C(=O)CCCCC[N+](C)(CC)Cc1ccccc1OC)C(C)C)C(C)C)Cc1ccccc1OC.[I-].[I-]. The first kappa shape index (κ1) is 56.4. The van der Waals surface area contributed by atoms with Gasteiger partial charge in [0.25, 0.3) is 0 Å². The minimum atomic E-state index is 0. The van der Waals surface area contributed by atoms with E-state index in [4.69, 9.17) is 9.47 Å². The first-order chi connectivity index (χ1) is 26.8. The summed E-state index contributed by atoms with van der Waals surface area (Å²) in [6, 6.07) is 17.2. The number of hydrogen-bond donors (Lipinski definition) is 0. The first-order valence-corrected chi connectivity index (χ1v) is 22.3. The van der Waals surface area contributed by atoms with Crippen LogP contribution in [0.2, 0.25) is 0 Å². The fraction of sp³-hybridized carbons (Fsp3) is 0.708. The van der Waals surface area contributed by atoms with Crippen LogP contribution >= 0.6 is 0 Å². The molecule has 10 heteroatoms. The van der Waals surface area contributed by atoms with Crippen LogP contribution in [0.25, 0.3) is 0 Å². The summed E-state index contributed by atoms with van der Waals surface area (Å²) >= 11 is 0. The smallest absolute Gasteiger partial charge is 0.222 e. The summed E-state index contributed by atoms with van der Waals surface area (Å²) in [5.41, 5.74) is 2.52. The van der Waals surface area contributed by atoms with E-state index in [0.29, 0.717) is 24.7 Å². The maximum atomic E-state index is 13.2. The second-order valence-corrected chi connectivity index (χ2v) is 17.4. The summed E-state index contributed by atoms with van der Waals surface area (Å²) < 4.78 is 13.2. The van der Waals surface area contributed by atoms with Crippen LogP contribution in [0.15, 0.2) is 48.5 Å². The Morgan fingerprint density at radius 3 is 1.19 bits per heavy atom. The van der Waals surface area contributed by atoms with E-state index in [2.05, 4.69) is 89.7 Å². The van der Waals surface area contributed by atoms with Gasteiger partial charge in [-0.1, -0.05) is 49.9 Å². The first-order valence-electron chi connectivity index (χ1n) is 22.3. The van der Waals surface area contributed by atoms with Crippen molar-refractivity contribution in [3.63, 3.8) is 0 Å². The molecule has 0 aliphatic carbocycles. The van der Waals surface area contributed by atoms with E-state index in [1.54, 1.807) is 14.2 Å². The highest BCUT2D eigenvalue weighted by molar-refractivity contribution is 5.76. The van der Waals surface area contributed by atoms with Gasteiger partial charge in [0.1, 0.15) is 24.6 Å². The van der Waals surface area contributed by atoms with Crippen LogP contribution in [0.4, 0.5) is 0 Å². The molecule has 2 rings (SSSR count). The number of methoxy groups -OCH3 is 2. The van der Waals surface area contributed by atoms with Gasteiger partial charge in [-0.15, -0.1) is 0 Å². The second kappa shape index (κ2) is 31.2. The van der Waals surface area contributed by atoms with E-state index in [0.717, 1.165) is 137 Å². The highest BCUT2D eigenvalue weighted by atomic mass is 127. The summed E-state index contributed by atoms with van der Waals surface area (Å²) in [6.45, 7) is 21.1. The van der Waals surface area contributed by atoms with Crippen LogP contribution in [-0.4, -0.2) is 110 Å². The topological polar surface area (TPSA) is 59.1 Å². The van der Waals surface area contributed by atoms with Gasteiger partial charge in [-0.3, -0.25) is 9.59 Å². The molecule has 8 nitrogen and oxygen atoms in total. The number of hydrogen-bond acceptors (Lipinski definition) is 4. The quantitative estimate of drug-likeness (QED) is 0.0644. The molecule has 0 aliphatic heterocycles. The molecule has 2 unspecified atom stereocenters. The molecule has 0 saturated heterocycles. The monoisotopic (exact) mass is 1030 g/mol. The number of rotatable bonds is 31. The molecule has 0 radical (unpaired) electrons. The number of para-hydroxylation sites is 2. The summed E-state index contributed by atoms with van der Waals surface area (Å²) in [5, 5.41) is 0. The van der Waals surface area contributed by atoms with E-state index in [9.17, 15) is 9.59 Å². The molecule has 0 heterocycles. The Kier molecular flexibility index (Phi) is 30.4. The van der Waals surface area contributed by atoms with E-state index in [1.165, 1.54) is 24.0 Å². The Bertz CT molecular complexity index is 1290. The lowest BCUT2D eigenvalue weighted by Crippen LogP contribution is -3.00. The number of unbranched alkanes of at least 4 members (excludes halogenated alkanes) is 9. The molecule has 2 aromatic carbocycles. The normalized spacial score (nSPS) is 13.2. The highest BCUT2D eigenvalue weighted by Gasteiger charge is 2.24. The van der Waals surface area contributed by atoms with Crippen LogP contribution in [0.5, 0.6) is 11.5 Å². The molecule has 2 amide bonds. The molecule has 0 spiro atoms. The third-order valence-electron chi connectivity index (χ3n) is 12.1. The highest BCUT2D eigenvalue weighted by Crippen LogP contribution is 2.24. The maximum absolute atomic E-state index is 13.2. The summed E-state index contributed by atoms with van der Waals surface area (Å²) in [4.78, 5) is 30.6. The molecule has 334 valence electrons. The fourth-order valence-corrected chi connectivity index (χ4v) is 7.98. The van der Waals surface area contributed by atoms with Gasteiger partial charge in [0.05, 0.1) is 54.5 Å². The van der Waals surface area contributed by atoms with Gasteiger partial charge in [-0.05, 0) is 117 Å². The lowest BCUT2D eigenvalue weighted by molar-refractivity contribution is -0.921. The zero-order chi connectivity index (χ0) is 41.4. The van der Waals surface area contributed by atoms with E-state index in [1.807, 2.05) is 24.3 Å². The van der Waals surface area contributed by atoms with Crippen molar-refractivity contribution >= 4 is 11.8 Å². The number of halogens is 2. The lowest BCUT2D eigenvalue weighted by atomic mass is 10.1. The average Bonchev–Trinajstić information content (AvgIpc) is 3.18. The Morgan fingerprint density at radius 2 is 0.862 bits per heavy atom. The molecular weight excluding hydrogens is 950 g/mol. The van der Waals surface area contributed by atoms with Crippen molar-refractivity contribution in [2.75, 3.05) is 67.6 Å². The minimum absolute atomic E-state index is 0. The minimum Gasteiger partial charge on any atom is -1.00 e.